The number of hydrogen-bond donors (Lipinski definition) is 0. The fourth-order valence-corrected chi connectivity index (χ4v) is 5.74. The highest BCUT2D eigenvalue weighted by Gasteiger charge is 2.41. The lowest BCUT2D eigenvalue weighted by molar-refractivity contribution is -0.138. The first kappa shape index (κ1) is 27.2. The van der Waals surface area contributed by atoms with E-state index in [0.29, 0.717) is 18.7 Å². The van der Waals surface area contributed by atoms with Crippen LogP contribution in [0.4, 0.5) is 30.5 Å². The van der Waals surface area contributed by atoms with Crippen molar-refractivity contribution >= 4 is 37.7 Å². The summed E-state index contributed by atoms with van der Waals surface area (Å²) in [6, 6.07) is 4.48. The number of aromatic nitrogens is 1. The van der Waals surface area contributed by atoms with Crippen LogP contribution >= 0.6 is 0 Å². The normalized spacial score (nSPS) is 18.1. The molecule has 6 nitrogen and oxygen atoms in total. The van der Waals surface area contributed by atoms with E-state index in [1.54, 1.807) is 6.92 Å². The minimum atomic E-state index is -2.00. The summed E-state index contributed by atoms with van der Waals surface area (Å²) in [6.07, 6.45) is 2.21. The Hall–Kier alpha value is -2.85. The van der Waals surface area contributed by atoms with Gasteiger partial charge in [0.05, 0.1) is 30.5 Å². The van der Waals surface area contributed by atoms with E-state index in [1.165, 1.54) is 23.1 Å². The Morgan fingerprint density at radius 2 is 1.86 bits per heavy atom. The Bertz CT molecular complexity index is 1230. The molecule has 2 aromatic rings. The molecule has 2 aliphatic heterocycles. The second-order valence-corrected chi connectivity index (χ2v) is 15.8. The highest BCUT2D eigenvalue weighted by Crippen LogP contribution is 2.40. The van der Waals surface area contributed by atoms with Crippen molar-refractivity contribution < 1.29 is 27.1 Å². The lowest BCUT2D eigenvalue weighted by Gasteiger charge is -2.38. The SMILES string of the molecule is CCOC(=O)C1=Cc2cc(F)c(N3CCC(O[Si](C)(C)C(C)(C)C)C3)nc2N(c2ccc(F)cc2F)C1. The molecule has 1 aromatic heterocycles. The quantitative estimate of drug-likeness (QED) is 0.326. The molecular formula is C27H34F3N3O3Si. The Morgan fingerprint density at radius 1 is 1.14 bits per heavy atom. The van der Waals surface area contributed by atoms with Crippen LogP contribution in [0.15, 0.2) is 29.8 Å². The zero-order valence-corrected chi connectivity index (χ0v) is 23.2. The zero-order valence-electron chi connectivity index (χ0n) is 22.2. The first-order valence-electron chi connectivity index (χ1n) is 12.5. The molecule has 37 heavy (non-hydrogen) atoms. The Kier molecular flexibility index (Phi) is 7.44. The minimum absolute atomic E-state index is 0.0307. The van der Waals surface area contributed by atoms with Crippen LogP contribution in [-0.4, -0.2) is 51.6 Å². The van der Waals surface area contributed by atoms with Gasteiger partial charge in [-0.05, 0) is 55.8 Å². The largest absolute Gasteiger partial charge is 0.463 e. The molecule has 1 atom stereocenters. The van der Waals surface area contributed by atoms with Crippen molar-refractivity contribution in [1.82, 2.24) is 4.98 Å². The van der Waals surface area contributed by atoms with E-state index in [9.17, 15) is 13.6 Å². The first-order valence-corrected chi connectivity index (χ1v) is 15.4. The predicted molar refractivity (Wildman–Crippen MR) is 141 cm³/mol. The molecule has 1 unspecified atom stereocenters. The van der Waals surface area contributed by atoms with Gasteiger partial charge in [-0.3, -0.25) is 0 Å². The van der Waals surface area contributed by atoms with Crippen LogP contribution in [0.2, 0.25) is 18.1 Å². The van der Waals surface area contributed by atoms with Crippen LogP contribution in [0.3, 0.4) is 0 Å². The van der Waals surface area contributed by atoms with Crippen molar-refractivity contribution in [2.75, 3.05) is 36.0 Å². The molecule has 0 saturated carbocycles. The molecule has 1 saturated heterocycles. The number of nitrogens with zero attached hydrogens (tertiary/aromatic N) is 3. The highest BCUT2D eigenvalue weighted by molar-refractivity contribution is 6.74. The van der Waals surface area contributed by atoms with Gasteiger partial charge in [0, 0.05) is 24.7 Å². The van der Waals surface area contributed by atoms with E-state index >= 15 is 4.39 Å². The molecule has 0 amide bonds. The minimum Gasteiger partial charge on any atom is -0.463 e. The molecule has 200 valence electrons. The molecule has 0 bridgehead atoms. The standard InChI is InChI=1S/C27H34F3N3O3Si/c1-7-35-26(34)18-12-17-13-22(30)25(32-11-10-20(16-32)36-37(5,6)27(2,3)4)31-24(17)33(15-18)23-9-8-19(28)14-21(23)29/h8-9,12-14,20H,7,10-11,15-16H2,1-6H3. The number of carbonyl (C=O) groups is 1. The second-order valence-electron chi connectivity index (χ2n) is 11.0. The summed E-state index contributed by atoms with van der Waals surface area (Å²) in [5, 5.41) is 0.0540. The third-order valence-electron chi connectivity index (χ3n) is 7.33. The lowest BCUT2D eigenvalue weighted by atomic mass is 10.0. The summed E-state index contributed by atoms with van der Waals surface area (Å²) < 4.78 is 55.5. The molecule has 0 spiro atoms. The molecule has 4 rings (SSSR count). The number of anilines is 3. The van der Waals surface area contributed by atoms with Crippen molar-refractivity contribution in [2.45, 2.75) is 58.4 Å². The second kappa shape index (κ2) is 10.1. The smallest absolute Gasteiger partial charge is 0.335 e. The Morgan fingerprint density at radius 3 is 2.51 bits per heavy atom. The van der Waals surface area contributed by atoms with E-state index in [4.69, 9.17) is 9.16 Å². The van der Waals surface area contributed by atoms with E-state index < -0.39 is 31.7 Å². The molecule has 1 fully saturated rings. The van der Waals surface area contributed by atoms with Gasteiger partial charge in [-0.25, -0.2) is 22.9 Å². The van der Waals surface area contributed by atoms with Crippen molar-refractivity contribution in [2.24, 2.45) is 0 Å². The maximum atomic E-state index is 15.4. The maximum absolute atomic E-state index is 15.4. The van der Waals surface area contributed by atoms with Gasteiger partial charge < -0.3 is 19.0 Å². The van der Waals surface area contributed by atoms with Gasteiger partial charge >= 0.3 is 5.97 Å². The maximum Gasteiger partial charge on any atom is 0.335 e. The molecule has 10 heteroatoms. The summed E-state index contributed by atoms with van der Waals surface area (Å²) in [5.74, 6) is -2.25. The summed E-state index contributed by atoms with van der Waals surface area (Å²) in [6.45, 7) is 13.8. The number of pyridine rings is 1. The lowest BCUT2D eigenvalue weighted by Crippen LogP contribution is -2.44. The van der Waals surface area contributed by atoms with Crippen molar-refractivity contribution in [1.29, 1.82) is 0 Å². The van der Waals surface area contributed by atoms with Crippen LogP contribution in [0.1, 0.15) is 39.7 Å². The van der Waals surface area contributed by atoms with E-state index in [0.717, 1.165) is 18.6 Å². The van der Waals surface area contributed by atoms with Crippen LogP contribution in [0, 0.1) is 17.5 Å². The molecule has 3 heterocycles. The fourth-order valence-electron chi connectivity index (χ4n) is 4.36. The number of halogens is 3. The van der Waals surface area contributed by atoms with Crippen molar-refractivity contribution in [3.63, 3.8) is 0 Å². The summed E-state index contributed by atoms with van der Waals surface area (Å²) in [7, 11) is -2.00. The molecular weight excluding hydrogens is 499 g/mol. The zero-order chi connectivity index (χ0) is 27.1. The average Bonchev–Trinajstić information content (AvgIpc) is 3.25. The van der Waals surface area contributed by atoms with Gasteiger partial charge in [0.2, 0.25) is 0 Å². The highest BCUT2D eigenvalue weighted by atomic mass is 28.4. The number of benzene rings is 1. The average molecular weight is 534 g/mol. The number of rotatable bonds is 6. The van der Waals surface area contributed by atoms with Gasteiger partial charge in [0.15, 0.2) is 20.0 Å². The summed E-state index contributed by atoms with van der Waals surface area (Å²) in [5.41, 5.74) is 0.562. The number of ether oxygens (including phenoxy) is 1. The predicted octanol–water partition coefficient (Wildman–Crippen LogP) is 6.20. The number of carbonyl (C=O) groups excluding carboxylic acids is 1. The first-order chi connectivity index (χ1) is 17.3. The van der Waals surface area contributed by atoms with Gasteiger partial charge in [-0.1, -0.05) is 20.8 Å². The fraction of sp³-hybridized carbons (Fsp3) is 0.481. The third kappa shape index (κ3) is 5.55. The molecule has 0 aliphatic carbocycles. The summed E-state index contributed by atoms with van der Waals surface area (Å²) in [4.78, 5) is 20.4. The van der Waals surface area contributed by atoms with Crippen LogP contribution in [0.25, 0.3) is 6.08 Å². The number of esters is 1. The molecule has 0 N–H and O–H groups in total. The Balaban J connectivity index is 1.70. The van der Waals surface area contributed by atoms with Gasteiger partial charge in [0.1, 0.15) is 17.5 Å². The topological polar surface area (TPSA) is 54.9 Å². The van der Waals surface area contributed by atoms with Gasteiger partial charge in [0.25, 0.3) is 0 Å². The monoisotopic (exact) mass is 533 g/mol. The van der Waals surface area contributed by atoms with Crippen molar-refractivity contribution in [3.05, 3.63) is 52.9 Å². The third-order valence-corrected chi connectivity index (χ3v) is 11.9. The number of fused-ring (bicyclic) bond motifs is 1. The molecule has 0 radical (unpaired) electrons. The van der Waals surface area contributed by atoms with Crippen LogP contribution in [-0.2, 0) is 14.0 Å². The van der Waals surface area contributed by atoms with E-state index in [2.05, 4.69) is 38.8 Å². The van der Waals surface area contributed by atoms with Gasteiger partial charge in [-0.15, -0.1) is 0 Å². The molecule has 2 aliphatic rings. The molecule has 1 aromatic carbocycles. The summed E-state index contributed by atoms with van der Waals surface area (Å²) >= 11 is 0. The van der Waals surface area contributed by atoms with Gasteiger partial charge in [-0.2, -0.15) is 0 Å². The van der Waals surface area contributed by atoms with Crippen molar-refractivity contribution in [3.8, 4) is 0 Å². The number of hydrogen-bond acceptors (Lipinski definition) is 6. The van der Waals surface area contributed by atoms with E-state index in [-0.39, 0.29) is 47.2 Å². The van der Waals surface area contributed by atoms with Crippen LogP contribution in [0.5, 0.6) is 0 Å². The van der Waals surface area contributed by atoms with Crippen LogP contribution < -0.4 is 9.80 Å². The Labute approximate surface area is 217 Å². The van der Waals surface area contributed by atoms with E-state index in [1.807, 2.05) is 4.90 Å².